The van der Waals surface area contributed by atoms with Crippen LogP contribution in [0.1, 0.15) is 72.1 Å². The predicted octanol–water partition coefficient (Wildman–Crippen LogP) is 4.12. The summed E-state index contributed by atoms with van der Waals surface area (Å²) in [5, 5.41) is 3.92. The van der Waals surface area contributed by atoms with E-state index in [4.69, 9.17) is 0 Å². The molecule has 0 radical (unpaired) electrons. The number of hydrogen-bond acceptors (Lipinski definition) is 1. The van der Waals surface area contributed by atoms with Crippen LogP contribution in [-0.4, -0.2) is 12.1 Å². The van der Waals surface area contributed by atoms with Gasteiger partial charge in [0.25, 0.3) is 0 Å². The maximum atomic E-state index is 3.92. The Morgan fingerprint density at radius 3 is 2.25 bits per heavy atom. The van der Waals surface area contributed by atoms with Crippen LogP contribution in [0.2, 0.25) is 0 Å². The second kappa shape index (κ2) is 5.08. The molecule has 0 bridgehead atoms. The highest BCUT2D eigenvalue weighted by Gasteiger charge is 2.30. The standard InChI is InChI=1S/C15H29N/c1-4-12-5-6-14(11-12)16-13-7-9-15(2,3)10-8-13/h12-14,16H,4-11H2,1-3H3. The van der Waals surface area contributed by atoms with Crippen molar-refractivity contribution < 1.29 is 0 Å². The maximum Gasteiger partial charge on any atom is 0.00723 e. The van der Waals surface area contributed by atoms with Crippen molar-refractivity contribution in [2.24, 2.45) is 11.3 Å². The van der Waals surface area contributed by atoms with E-state index in [1.165, 1.54) is 51.4 Å². The zero-order valence-corrected chi connectivity index (χ0v) is 11.4. The van der Waals surface area contributed by atoms with Crippen molar-refractivity contribution in [3.8, 4) is 0 Å². The summed E-state index contributed by atoms with van der Waals surface area (Å²) in [5.41, 5.74) is 0.611. The van der Waals surface area contributed by atoms with E-state index in [2.05, 4.69) is 26.1 Å². The number of nitrogens with one attached hydrogen (secondary N) is 1. The van der Waals surface area contributed by atoms with Gasteiger partial charge in [-0.25, -0.2) is 0 Å². The molecule has 1 nitrogen and oxygen atoms in total. The van der Waals surface area contributed by atoms with Crippen molar-refractivity contribution in [3.05, 3.63) is 0 Å². The Bertz CT molecular complexity index is 211. The summed E-state index contributed by atoms with van der Waals surface area (Å²) < 4.78 is 0. The molecule has 0 amide bonds. The Morgan fingerprint density at radius 1 is 1.00 bits per heavy atom. The molecule has 94 valence electrons. The molecule has 2 aliphatic carbocycles. The molecule has 2 rings (SSSR count). The maximum absolute atomic E-state index is 3.92. The summed E-state index contributed by atoms with van der Waals surface area (Å²) in [5.74, 6) is 1.01. The minimum absolute atomic E-state index is 0.611. The molecule has 1 N–H and O–H groups in total. The highest BCUT2D eigenvalue weighted by molar-refractivity contribution is 4.87. The lowest BCUT2D eigenvalue weighted by Gasteiger charge is -2.36. The summed E-state index contributed by atoms with van der Waals surface area (Å²) in [4.78, 5) is 0. The van der Waals surface area contributed by atoms with Crippen LogP contribution in [0.5, 0.6) is 0 Å². The Balaban J connectivity index is 1.71. The van der Waals surface area contributed by atoms with Gasteiger partial charge in [-0.2, -0.15) is 0 Å². The molecular formula is C15H29N. The zero-order chi connectivity index (χ0) is 11.6. The second-order valence-corrected chi connectivity index (χ2v) is 6.89. The van der Waals surface area contributed by atoms with Crippen LogP contribution < -0.4 is 5.32 Å². The highest BCUT2D eigenvalue weighted by atomic mass is 15.0. The molecule has 0 spiro atoms. The molecule has 1 heteroatoms. The highest BCUT2D eigenvalue weighted by Crippen LogP contribution is 2.36. The van der Waals surface area contributed by atoms with E-state index in [0.29, 0.717) is 5.41 Å². The van der Waals surface area contributed by atoms with E-state index in [-0.39, 0.29) is 0 Å². The van der Waals surface area contributed by atoms with Gasteiger partial charge in [-0.05, 0) is 56.3 Å². The molecule has 2 fully saturated rings. The Kier molecular flexibility index (Phi) is 3.94. The van der Waals surface area contributed by atoms with Gasteiger partial charge < -0.3 is 5.32 Å². The lowest BCUT2D eigenvalue weighted by molar-refractivity contribution is 0.197. The minimum atomic E-state index is 0.611. The molecule has 0 aromatic rings. The summed E-state index contributed by atoms with van der Waals surface area (Å²) in [6.45, 7) is 7.19. The Morgan fingerprint density at radius 2 is 1.69 bits per heavy atom. The van der Waals surface area contributed by atoms with Crippen LogP contribution in [-0.2, 0) is 0 Å². The van der Waals surface area contributed by atoms with Crippen LogP contribution in [0.4, 0.5) is 0 Å². The molecule has 0 aliphatic heterocycles. The van der Waals surface area contributed by atoms with E-state index in [9.17, 15) is 0 Å². The third-order valence-electron chi connectivity index (χ3n) is 4.93. The smallest absolute Gasteiger partial charge is 0.00723 e. The van der Waals surface area contributed by atoms with Gasteiger partial charge in [-0.3, -0.25) is 0 Å². The molecule has 0 saturated heterocycles. The molecule has 2 saturated carbocycles. The topological polar surface area (TPSA) is 12.0 Å². The fourth-order valence-corrected chi connectivity index (χ4v) is 3.50. The van der Waals surface area contributed by atoms with E-state index in [0.717, 1.165) is 18.0 Å². The van der Waals surface area contributed by atoms with Crippen molar-refractivity contribution >= 4 is 0 Å². The summed E-state index contributed by atoms with van der Waals surface area (Å²) in [6, 6.07) is 1.67. The predicted molar refractivity (Wildman–Crippen MR) is 70.6 cm³/mol. The third kappa shape index (κ3) is 3.23. The normalized spacial score (nSPS) is 35.4. The average Bonchev–Trinajstić information content (AvgIpc) is 2.69. The van der Waals surface area contributed by atoms with E-state index < -0.39 is 0 Å². The van der Waals surface area contributed by atoms with Gasteiger partial charge in [0, 0.05) is 12.1 Å². The lowest BCUT2D eigenvalue weighted by Crippen LogP contribution is -2.40. The fourth-order valence-electron chi connectivity index (χ4n) is 3.50. The van der Waals surface area contributed by atoms with Gasteiger partial charge in [0.05, 0.1) is 0 Å². The first-order valence-electron chi connectivity index (χ1n) is 7.35. The quantitative estimate of drug-likeness (QED) is 0.759. The van der Waals surface area contributed by atoms with Crippen LogP contribution in [0.25, 0.3) is 0 Å². The van der Waals surface area contributed by atoms with Crippen molar-refractivity contribution in [2.45, 2.75) is 84.2 Å². The monoisotopic (exact) mass is 223 g/mol. The zero-order valence-electron chi connectivity index (χ0n) is 11.4. The van der Waals surface area contributed by atoms with Crippen LogP contribution in [0.15, 0.2) is 0 Å². The van der Waals surface area contributed by atoms with Crippen LogP contribution >= 0.6 is 0 Å². The molecule has 2 atom stereocenters. The first-order chi connectivity index (χ1) is 7.59. The molecule has 0 heterocycles. The largest absolute Gasteiger partial charge is 0.311 e. The van der Waals surface area contributed by atoms with Crippen LogP contribution in [0, 0.1) is 11.3 Å². The van der Waals surface area contributed by atoms with Gasteiger partial charge in [-0.1, -0.05) is 27.2 Å². The lowest BCUT2D eigenvalue weighted by atomic mass is 9.75. The summed E-state index contributed by atoms with van der Waals surface area (Å²) >= 11 is 0. The van der Waals surface area contributed by atoms with E-state index in [1.54, 1.807) is 0 Å². The second-order valence-electron chi connectivity index (χ2n) is 6.89. The fraction of sp³-hybridized carbons (Fsp3) is 1.00. The van der Waals surface area contributed by atoms with Gasteiger partial charge >= 0.3 is 0 Å². The Labute approximate surface area is 101 Å². The van der Waals surface area contributed by atoms with Gasteiger partial charge in [0.15, 0.2) is 0 Å². The molecule has 0 aromatic carbocycles. The molecule has 16 heavy (non-hydrogen) atoms. The van der Waals surface area contributed by atoms with Crippen molar-refractivity contribution in [1.82, 2.24) is 5.32 Å². The van der Waals surface area contributed by atoms with E-state index in [1.807, 2.05) is 0 Å². The summed E-state index contributed by atoms with van der Waals surface area (Å²) in [7, 11) is 0. The Hall–Kier alpha value is -0.0400. The van der Waals surface area contributed by atoms with Crippen molar-refractivity contribution in [1.29, 1.82) is 0 Å². The average molecular weight is 223 g/mol. The molecular weight excluding hydrogens is 194 g/mol. The van der Waals surface area contributed by atoms with Gasteiger partial charge in [0.1, 0.15) is 0 Å². The molecule has 2 aliphatic rings. The SMILES string of the molecule is CCC1CCC(NC2CCC(C)(C)CC2)C1. The van der Waals surface area contributed by atoms with Gasteiger partial charge in [0.2, 0.25) is 0 Å². The minimum Gasteiger partial charge on any atom is -0.311 e. The molecule has 2 unspecified atom stereocenters. The number of hydrogen-bond donors (Lipinski definition) is 1. The molecule has 0 aromatic heterocycles. The van der Waals surface area contributed by atoms with Gasteiger partial charge in [-0.15, -0.1) is 0 Å². The van der Waals surface area contributed by atoms with Crippen molar-refractivity contribution in [3.63, 3.8) is 0 Å². The summed E-state index contributed by atoms with van der Waals surface area (Å²) in [6.07, 6.45) is 11.3. The van der Waals surface area contributed by atoms with E-state index >= 15 is 0 Å². The first-order valence-corrected chi connectivity index (χ1v) is 7.35. The first kappa shape index (κ1) is 12.4. The van der Waals surface area contributed by atoms with Crippen LogP contribution in [0.3, 0.4) is 0 Å². The third-order valence-corrected chi connectivity index (χ3v) is 4.93. The number of rotatable bonds is 3. The van der Waals surface area contributed by atoms with Crippen molar-refractivity contribution in [2.75, 3.05) is 0 Å².